The number of carbonyl (C=O) groups excluding carboxylic acids is 1. The van der Waals surface area contributed by atoms with Crippen LogP contribution in [0.4, 0.5) is 13.2 Å². The summed E-state index contributed by atoms with van der Waals surface area (Å²) in [4.78, 5) is 13.1. The van der Waals surface area contributed by atoms with Crippen molar-refractivity contribution in [3.63, 3.8) is 0 Å². The van der Waals surface area contributed by atoms with E-state index in [1.807, 2.05) is 30.3 Å². The molecule has 0 radical (unpaired) electrons. The molecule has 1 aliphatic heterocycles. The second-order valence-electron chi connectivity index (χ2n) is 6.77. The lowest BCUT2D eigenvalue weighted by molar-refractivity contribution is -0.192. The molecule has 3 nitrogen and oxygen atoms in total. The van der Waals surface area contributed by atoms with Gasteiger partial charge >= 0.3 is 12.1 Å². The van der Waals surface area contributed by atoms with Crippen LogP contribution in [0.5, 0.6) is 0 Å². The minimum absolute atomic E-state index is 0. The fraction of sp³-hybridized carbons (Fsp3) is 0.588. The molecular formula is C17H22ClF3N2O. The van der Waals surface area contributed by atoms with Crippen molar-refractivity contribution in [2.24, 2.45) is 0 Å². The number of benzene rings is 1. The van der Waals surface area contributed by atoms with Crippen molar-refractivity contribution < 1.29 is 18.0 Å². The van der Waals surface area contributed by atoms with Crippen LogP contribution in [0.1, 0.15) is 44.2 Å². The summed E-state index contributed by atoms with van der Waals surface area (Å²) < 4.78 is 39.1. The van der Waals surface area contributed by atoms with E-state index in [1.54, 1.807) is 6.92 Å². The van der Waals surface area contributed by atoms with Gasteiger partial charge in [0, 0.05) is 17.6 Å². The highest BCUT2D eigenvalue weighted by Crippen LogP contribution is 2.46. The van der Waals surface area contributed by atoms with E-state index in [4.69, 9.17) is 0 Å². The zero-order chi connectivity index (χ0) is 16.7. The van der Waals surface area contributed by atoms with Crippen molar-refractivity contribution in [1.82, 2.24) is 10.2 Å². The zero-order valence-electron chi connectivity index (χ0n) is 13.5. The van der Waals surface area contributed by atoms with Crippen molar-refractivity contribution >= 4 is 18.3 Å². The van der Waals surface area contributed by atoms with Crippen molar-refractivity contribution in [2.45, 2.75) is 56.4 Å². The third-order valence-corrected chi connectivity index (χ3v) is 4.96. The van der Waals surface area contributed by atoms with Gasteiger partial charge in [0.15, 0.2) is 0 Å². The van der Waals surface area contributed by atoms with Crippen LogP contribution in [-0.4, -0.2) is 35.1 Å². The van der Waals surface area contributed by atoms with E-state index in [9.17, 15) is 18.0 Å². The Hall–Kier alpha value is -1.27. The average Bonchev–Trinajstić information content (AvgIpc) is 3.26. The number of carbonyl (C=O) groups is 1. The van der Waals surface area contributed by atoms with Crippen molar-refractivity contribution in [1.29, 1.82) is 0 Å². The third kappa shape index (κ3) is 3.86. The molecule has 1 aliphatic carbocycles. The topological polar surface area (TPSA) is 32.3 Å². The summed E-state index contributed by atoms with van der Waals surface area (Å²) in [6.45, 7) is 2.37. The maximum atomic E-state index is 13.0. The number of alkyl halides is 3. The van der Waals surface area contributed by atoms with E-state index in [0.29, 0.717) is 32.2 Å². The van der Waals surface area contributed by atoms with E-state index >= 15 is 0 Å². The molecule has 1 aromatic carbocycles. The first-order valence-electron chi connectivity index (χ1n) is 8.00. The summed E-state index contributed by atoms with van der Waals surface area (Å²) in [5.74, 6) is -1.68. The Bertz CT molecular complexity index is 575. The van der Waals surface area contributed by atoms with Gasteiger partial charge in [-0.1, -0.05) is 30.3 Å². The summed E-state index contributed by atoms with van der Waals surface area (Å²) >= 11 is 0. The summed E-state index contributed by atoms with van der Waals surface area (Å²) in [5.41, 5.74) is 0.424. The average molecular weight is 363 g/mol. The van der Waals surface area contributed by atoms with Crippen molar-refractivity contribution in [2.75, 3.05) is 6.54 Å². The Balaban J connectivity index is 0.00000208. The number of hydrogen-bond acceptors (Lipinski definition) is 2. The van der Waals surface area contributed by atoms with Gasteiger partial charge in [0.2, 0.25) is 0 Å². The first-order valence-corrected chi connectivity index (χ1v) is 8.00. The molecule has 134 valence electrons. The van der Waals surface area contributed by atoms with Crippen LogP contribution in [0.2, 0.25) is 0 Å². The van der Waals surface area contributed by atoms with E-state index in [0.717, 1.165) is 10.5 Å². The largest absolute Gasteiger partial charge is 0.471 e. The molecule has 0 aromatic heterocycles. The zero-order valence-corrected chi connectivity index (χ0v) is 14.3. The summed E-state index contributed by atoms with van der Waals surface area (Å²) in [6, 6.07) is 9.30. The molecule has 2 fully saturated rings. The first kappa shape index (κ1) is 19.1. The predicted octanol–water partition coefficient (Wildman–Crippen LogP) is 3.84. The molecule has 24 heavy (non-hydrogen) atoms. The minimum atomic E-state index is -4.81. The molecular weight excluding hydrogens is 341 g/mol. The molecule has 2 atom stereocenters. The van der Waals surface area contributed by atoms with Crippen molar-refractivity contribution in [3.8, 4) is 0 Å². The fourth-order valence-electron chi connectivity index (χ4n) is 3.48. The van der Waals surface area contributed by atoms with Gasteiger partial charge in [0.05, 0.1) is 0 Å². The van der Waals surface area contributed by atoms with Crippen LogP contribution in [0, 0.1) is 0 Å². The second kappa shape index (κ2) is 6.92. The molecule has 1 amide bonds. The van der Waals surface area contributed by atoms with Crippen LogP contribution >= 0.6 is 12.4 Å². The van der Waals surface area contributed by atoms with Gasteiger partial charge in [0.1, 0.15) is 0 Å². The molecule has 7 heteroatoms. The molecule has 0 unspecified atom stereocenters. The maximum Gasteiger partial charge on any atom is 0.471 e. The number of nitrogens with zero attached hydrogens (tertiary/aromatic N) is 1. The third-order valence-electron chi connectivity index (χ3n) is 4.96. The molecule has 1 aromatic rings. The second-order valence-corrected chi connectivity index (χ2v) is 6.77. The Morgan fingerprint density at radius 1 is 1.25 bits per heavy atom. The Labute approximate surface area is 146 Å². The lowest BCUT2D eigenvalue weighted by Gasteiger charge is -2.42. The van der Waals surface area contributed by atoms with E-state index < -0.39 is 17.6 Å². The molecule has 0 spiro atoms. The number of hydrogen-bond donors (Lipinski definition) is 1. The number of rotatable bonds is 3. The number of nitrogens with one attached hydrogen (secondary N) is 1. The molecule has 1 saturated heterocycles. The molecule has 3 rings (SSSR count). The fourth-order valence-corrected chi connectivity index (χ4v) is 3.48. The maximum absolute atomic E-state index is 13.0. The molecule has 0 bridgehead atoms. The summed E-state index contributed by atoms with van der Waals surface area (Å²) in [6.07, 6.45) is -2.44. The Morgan fingerprint density at radius 3 is 2.42 bits per heavy atom. The quantitative estimate of drug-likeness (QED) is 0.886. The van der Waals surface area contributed by atoms with Gasteiger partial charge in [0.25, 0.3) is 0 Å². The molecule has 1 saturated carbocycles. The number of halogens is 4. The smallest absolute Gasteiger partial charge is 0.326 e. The Kier molecular flexibility index (Phi) is 5.50. The predicted molar refractivity (Wildman–Crippen MR) is 88.0 cm³/mol. The molecule has 2 aliphatic rings. The van der Waals surface area contributed by atoms with E-state index in [2.05, 4.69) is 5.32 Å². The van der Waals surface area contributed by atoms with E-state index in [-0.39, 0.29) is 24.5 Å². The van der Waals surface area contributed by atoms with Gasteiger partial charge in [-0.05, 0) is 44.7 Å². The van der Waals surface area contributed by atoms with Gasteiger partial charge in [-0.25, -0.2) is 0 Å². The Morgan fingerprint density at radius 2 is 1.88 bits per heavy atom. The lowest BCUT2D eigenvalue weighted by atomic mass is 9.91. The highest BCUT2D eigenvalue weighted by Gasteiger charge is 2.55. The summed E-state index contributed by atoms with van der Waals surface area (Å²) in [7, 11) is 0. The van der Waals surface area contributed by atoms with Crippen LogP contribution in [0.25, 0.3) is 0 Å². The van der Waals surface area contributed by atoms with Gasteiger partial charge in [-0.2, -0.15) is 13.2 Å². The van der Waals surface area contributed by atoms with E-state index in [1.165, 1.54) is 0 Å². The van der Waals surface area contributed by atoms with Crippen LogP contribution in [0.15, 0.2) is 30.3 Å². The highest BCUT2D eigenvalue weighted by atomic mass is 35.5. The highest BCUT2D eigenvalue weighted by molar-refractivity contribution is 5.85. The summed E-state index contributed by atoms with van der Waals surface area (Å²) in [5, 5.41) is 3.35. The SMILES string of the molecule is CC1(N(C(=O)C(F)(F)F)[C@@H]2CCN[C@H](c3ccccc3)C2)CC1.Cl. The van der Waals surface area contributed by atoms with Gasteiger partial charge in [-0.15, -0.1) is 12.4 Å². The normalized spacial score (nSPS) is 25.5. The minimum Gasteiger partial charge on any atom is -0.326 e. The first-order chi connectivity index (χ1) is 10.8. The lowest BCUT2D eigenvalue weighted by Crippen LogP contribution is -2.55. The standard InChI is InChI=1S/C17H21F3N2O.ClH/c1-16(8-9-16)22(15(23)17(18,19)20)13-7-10-21-14(11-13)12-5-3-2-4-6-12;/h2-6,13-14,21H,7-11H2,1H3;1H/t13-,14+;/m1./s1. The van der Waals surface area contributed by atoms with Gasteiger partial charge in [-0.3, -0.25) is 4.79 Å². The number of piperidine rings is 1. The van der Waals surface area contributed by atoms with Crippen LogP contribution < -0.4 is 5.32 Å². The van der Waals surface area contributed by atoms with Gasteiger partial charge < -0.3 is 10.2 Å². The van der Waals surface area contributed by atoms with Crippen LogP contribution in [-0.2, 0) is 4.79 Å². The monoisotopic (exact) mass is 362 g/mol. The number of amides is 1. The van der Waals surface area contributed by atoms with Crippen LogP contribution in [0.3, 0.4) is 0 Å². The molecule has 1 heterocycles. The van der Waals surface area contributed by atoms with Crippen molar-refractivity contribution in [3.05, 3.63) is 35.9 Å². The molecule has 1 N–H and O–H groups in total.